The minimum absolute atomic E-state index is 0.0939. The molecule has 6 heteroatoms. The molecule has 0 aromatic heterocycles. The number of rotatable bonds is 2. The van der Waals surface area contributed by atoms with Crippen LogP contribution in [0.5, 0.6) is 0 Å². The molecule has 1 heterocycles. The second-order valence-electron chi connectivity index (χ2n) is 2.25. The van der Waals surface area contributed by atoms with Crippen LogP contribution in [0.25, 0.3) is 0 Å². The molecule has 1 aliphatic heterocycles. The Morgan fingerprint density at radius 1 is 1.42 bits per heavy atom. The number of hydroxylamine groups is 2. The first kappa shape index (κ1) is 8.66. The van der Waals surface area contributed by atoms with Gasteiger partial charge < -0.3 is 10.6 Å². The summed E-state index contributed by atoms with van der Waals surface area (Å²) in [7, 11) is 0. The van der Waals surface area contributed by atoms with Gasteiger partial charge >= 0.3 is 5.97 Å². The molecule has 1 fully saturated rings. The van der Waals surface area contributed by atoms with E-state index in [0.29, 0.717) is 5.06 Å². The van der Waals surface area contributed by atoms with Crippen molar-refractivity contribution in [3.63, 3.8) is 0 Å². The van der Waals surface area contributed by atoms with Gasteiger partial charge in [-0.05, 0) is 0 Å². The minimum Gasteiger partial charge on any atom is -0.329 e. The predicted octanol–water partition coefficient (Wildman–Crippen LogP) is -1.45. The third-order valence-corrected chi connectivity index (χ3v) is 1.37. The lowest BCUT2D eigenvalue weighted by Crippen LogP contribution is -2.34. The fourth-order valence-electron chi connectivity index (χ4n) is 0.797. The molecule has 0 radical (unpaired) electrons. The Balaban J connectivity index is 2.56. The maximum Gasteiger partial charge on any atom is 0.346 e. The molecule has 2 amide bonds. The molecule has 12 heavy (non-hydrogen) atoms. The maximum atomic E-state index is 10.8. The number of nitrogens with two attached hydrogens (primary N) is 1. The molecule has 0 bridgehead atoms. The molecule has 0 aromatic rings. The van der Waals surface area contributed by atoms with E-state index in [9.17, 15) is 14.4 Å². The van der Waals surface area contributed by atoms with E-state index in [2.05, 4.69) is 4.84 Å². The lowest BCUT2D eigenvalue weighted by molar-refractivity contribution is -0.196. The first-order valence-corrected chi connectivity index (χ1v) is 3.42. The fourth-order valence-corrected chi connectivity index (χ4v) is 0.797. The topological polar surface area (TPSA) is 89.7 Å². The van der Waals surface area contributed by atoms with Gasteiger partial charge in [-0.25, -0.2) is 4.79 Å². The third-order valence-electron chi connectivity index (χ3n) is 1.37. The maximum absolute atomic E-state index is 10.8. The average molecular weight is 172 g/mol. The third kappa shape index (κ3) is 1.59. The number of carbonyl (C=O) groups is 3. The number of hydrogen-bond acceptors (Lipinski definition) is 5. The SMILES string of the molecule is NCC(=O)ON1C(=O)CCC1=O. The van der Waals surface area contributed by atoms with Crippen LogP contribution in [0.1, 0.15) is 12.8 Å². The second-order valence-corrected chi connectivity index (χ2v) is 2.25. The molecule has 0 saturated carbocycles. The lowest BCUT2D eigenvalue weighted by atomic mass is 10.4. The molecule has 0 aromatic carbocycles. The molecule has 0 aliphatic carbocycles. The molecular formula is C6H8N2O4. The number of carbonyl (C=O) groups excluding carboxylic acids is 3. The number of amides is 2. The van der Waals surface area contributed by atoms with Crippen LogP contribution in [0.2, 0.25) is 0 Å². The first-order chi connectivity index (χ1) is 5.65. The van der Waals surface area contributed by atoms with Gasteiger partial charge in [0.2, 0.25) is 0 Å². The van der Waals surface area contributed by atoms with Gasteiger partial charge in [-0.2, -0.15) is 0 Å². The van der Waals surface area contributed by atoms with Crippen LogP contribution >= 0.6 is 0 Å². The summed E-state index contributed by atoms with van der Waals surface area (Å²) in [5.74, 6) is -1.79. The van der Waals surface area contributed by atoms with Crippen molar-refractivity contribution in [1.82, 2.24) is 5.06 Å². The summed E-state index contributed by atoms with van der Waals surface area (Å²) >= 11 is 0. The van der Waals surface area contributed by atoms with E-state index in [0.717, 1.165) is 0 Å². The highest BCUT2D eigenvalue weighted by Gasteiger charge is 2.32. The van der Waals surface area contributed by atoms with Crippen LogP contribution in [-0.2, 0) is 19.2 Å². The molecular weight excluding hydrogens is 164 g/mol. The Morgan fingerprint density at radius 2 is 1.92 bits per heavy atom. The van der Waals surface area contributed by atoms with E-state index in [1.165, 1.54) is 0 Å². The van der Waals surface area contributed by atoms with Gasteiger partial charge in [0.15, 0.2) is 0 Å². The Morgan fingerprint density at radius 3 is 2.33 bits per heavy atom. The van der Waals surface area contributed by atoms with Gasteiger partial charge in [0.05, 0.1) is 6.54 Å². The number of nitrogens with zero attached hydrogens (tertiary/aromatic N) is 1. The van der Waals surface area contributed by atoms with Crippen molar-refractivity contribution < 1.29 is 19.2 Å². The molecule has 1 rings (SSSR count). The average Bonchev–Trinajstić information content (AvgIpc) is 2.35. The molecule has 0 atom stereocenters. The summed E-state index contributed by atoms with van der Waals surface area (Å²) in [5.41, 5.74) is 4.92. The Kier molecular flexibility index (Phi) is 2.39. The normalized spacial score (nSPS) is 16.9. The zero-order chi connectivity index (χ0) is 9.14. The highest BCUT2D eigenvalue weighted by atomic mass is 16.7. The molecule has 0 unspecified atom stereocenters. The summed E-state index contributed by atoms with van der Waals surface area (Å²) in [6.07, 6.45) is 0.188. The van der Waals surface area contributed by atoms with Crippen molar-refractivity contribution in [1.29, 1.82) is 0 Å². The molecule has 2 N–H and O–H groups in total. The zero-order valence-corrected chi connectivity index (χ0v) is 6.28. The smallest absolute Gasteiger partial charge is 0.329 e. The van der Waals surface area contributed by atoms with Crippen molar-refractivity contribution in [2.24, 2.45) is 5.73 Å². The standard InChI is InChI=1S/C6H8N2O4/c7-3-6(11)12-8-4(9)1-2-5(8)10/h1-3,7H2. The zero-order valence-electron chi connectivity index (χ0n) is 6.28. The van der Waals surface area contributed by atoms with E-state index in [4.69, 9.17) is 5.73 Å². The van der Waals surface area contributed by atoms with E-state index in [-0.39, 0.29) is 19.4 Å². The highest BCUT2D eigenvalue weighted by Crippen LogP contribution is 2.11. The summed E-state index contributed by atoms with van der Waals surface area (Å²) in [4.78, 5) is 36.6. The lowest BCUT2D eigenvalue weighted by Gasteiger charge is -2.10. The van der Waals surface area contributed by atoms with Crippen LogP contribution in [0.3, 0.4) is 0 Å². The highest BCUT2D eigenvalue weighted by molar-refractivity contribution is 6.01. The van der Waals surface area contributed by atoms with Crippen molar-refractivity contribution in [2.45, 2.75) is 12.8 Å². The van der Waals surface area contributed by atoms with Crippen LogP contribution < -0.4 is 5.73 Å². The van der Waals surface area contributed by atoms with Crippen molar-refractivity contribution >= 4 is 17.8 Å². The van der Waals surface area contributed by atoms with Gasteiger partial charge in [-0.1, -0.05) is 0 Å². The predicted molar refractivity (Wildman–Crippen MR) is 36.2 cm³/mol. The van der Waals surface area contributed by atoms with Crippen molar-refractivity contribution in [3.05, 3.63) is 0 Å². The number of imide groups is 1. The van der Waals surface area contributed by atoms with E-state index >= 15 is 0 Å². The minimum atomic E-state index is -0.793. The fraction of sp³-hybridized carbons (Fsp3) is 0.500. The van der Waals surface area contributed by atoms with Gasteiger partial charge in [0, 0.05) is 12.8 Å². The Bertz CT molecular complexity index is 222. The van der Waals surface area contributed by atoms with Crippen molar-refractivity contribution in [2.75, 3.05) is 6.54 Å². The molecule has 1 saturated heterocycles. The van der Waals surface area contributed by atoms with E-state index in [1.807, 2.05) is 0 Å². The second kappa shape index (κ2) is 3.31. The van der Waals surface area contributed by atoms with Gasteiger partial charge in [-0.15, -0.1) is 5.06 Å². The molecule has 66 valence electrons. The Hall–Kier alpha value is -1.43. The van der Waals surface area contributed by atoms with Crippen LogP contribution in [0.15, 0.2) is 0 Å². The molecule has 1 aliphatic rings. The van der Waals surface area contributed by atoms with Crippen LogP contribution in [0.4, 0.5) is 0 Å². The Labute approximate surface area is 68.2 Å². The largest absolute Gasteiger partial charge is 0.346 e. The van der Waals surface area contributed by atoms with Gasteiger partial charge in [0.25, 0.3) is 11.8 Å². The number of hydrogen-bond donors (Lipinski definition) is 1. The summed E-state index contributed by atoms with van der Waals surface area (Å²) in [6.45, 7) is -0.350. The van der Waals surface area contributed by atoms with Crippen molar-refractivity contribution in [3.8, 4) is 0 Å². The van der Waals surface area contributed by atoms with Crippen LogP contribution in [-0.4, -0.2) is 29.4 Å². The summed E-state index contributed by atoms with van der Waals surface area (Å²) in [6, 6.07) is 0. The van der Waals surface area contributed by atoms with Crippen LogP contribution in [0, 0.1) is 0 Å². The van der Waals surface area contributed by atoms with E-state index in [1.54, 1.807) is 0 Å². The molecule has 0 spiro atoms. The van der Waals surface area contributed by atoms with Gasteiger partial charge in [0.1, 0.15) is 0 Å². The quantitative estimate of drug-likeness (QED) is 0.515. The van der Waals surface area contributed by atoms with Gasteiger partial charge in [-0.3, -0.25) is 9.59 Å². The monoisotopic (exact) mass is 172 g/mol. The van der Waals surface area contributed by atoms with E-state index < -0.39 is 17.8 Å². The molecule has 6 nitrogen and oxygen atoms in total. The summed E-state index contributed by atoms with van der Waals surface area (Å²) in [5, 5.41) is 0.467. The summed E-state index contributed by atoms with van der Waals surface area (Å²) < 4.78 is 0. The first-order valence-electron chi connectivity index (χ1n) is 3.42.